The van der Waals surface area contributed by atoms with Crippen molar-refractivity contribution in [2.75, 3.05) is 39.3 Å². The van der Waals surface area contributed by atoms with Crippen molar-refractivity contribution < 1.29 is 54.2 Å². The van der Waals surface area contributed by atoms with Crippen molar-refractivity contribution in [3.63, 3.8) is 0 Å². The Labute approximate surface area is 314 Å². The molecule has 14 heteroatoms. The number of hydrogen-bond acceptors (Lipinski definition) is 9. The van der Waals surface area contributed by atoms with Gasteiger partial charge in [-0.25, -0.2) is 4.79 Å². The molecule has 4 aliphatic carbocycles. The molecule has 0 radical (unpaired) electrons. The topological polar surface area (TPSA) is 214 Å². The Balaban J connectivity index is 1.24. The quantitative estimate of drug-likeness (QED) is 0.0938. The number of rotatable bonds is 20. The molecular weight excluding hydrogens is 686 g/mol. The van der Waals surface area contributed by atoms with E-state index >= 15 is 0 Å². The molecule has 0 bridgehead atoms. The fraction of sp³-hybridized carbons (Fsp3) is 0.872. The maximum Gasteiger partial charge on any atom is 0.407 e. The molecule has 4 fully saturated rings. The standard InChI is InChI=1S/C39H65N3O11/c1-5-8-24(2)28-12-13-29-27-11-10-25-19-26(14-15-38(25,3)30(27)20-32(43)39(28,29)4)53-37(52)40-16-7-6-9-31(36(50)51)42(23-35(48)49)18-17-41(21-33(44)45)22-34(46)47/h24-32,43H,5-23H2,1-4H3,(H,40,52)(H,44,45)(H,46,47)(H,48,49)(H,50,51)/t24-,25-,26-,27+,28-,29+,30+,31?,32+,38+,39-/m1/s1. The highest BCUT2D eigenvalue weighted by molar-refractivity contribution is 5.75. The van der Waals surface area contributed by atoms with Crippen LogP contribution in [0.4, 0.5) is 4.79 Å². The molecule has 6 N–H and O–H groups in total. The van der Waals surface area contributed by atoms with Crippen LogP contribution in [0, 0.1) is 46.3 Å². The van der Waals surface area contributed by atoms with Crippen molar-refractivity contribution in [1.82, 2.24) is 15.1 Å². The van der Waals surface area contributed by atoms with Crippen molar-refractivity contribution in [3.8, 4) is 0 Å². The van der Waals surface area contributed by atoms with Crippen LogP contribution in [0.15, 0.2) is 0 Å². The first kappa shape index (κ1) is 42.8. The van der Waals surface area contributed by atoms with E-state index in [2.05, 4.69) is 33.0 Å². The molecule has 0 heterocycles. The summed E-state index contributed by atoms with van der Waals surface area (Å²) in [6.07, 6.45) is 10.5. The Morgan fingerprint density at radius 2 is 1.51 bits per heavy atom. The number of carboxylic acids is 4. The Kier molecular flexibility index (Phi) is 15.0. The Morgan fingerprint density at radius 1 is 0.830 bits per heavy atom. The molecule has 0 spiro atoms. The summed E-state index contributed by atoms with van der Waals surface area (Å²) in [6, 6.07) is -1.19. The van der Waals surface area contributed by atoms with E-state index in [0.29, 0.717) is 48.3 Å². The van der Waals surface area contributed by atoms with Gasteiger partial charge in [-0.1, -0.05) is 40.5 Å². The summed E-state index contributed by atoms with van der Waals surface area (Å²) < 4.78 is 5.89. The lowest BCUT2D eigenvalue weighted by Crippen LogP contribution is -2.59. The number of carboxylic acid groups (broad SMARTS) is 4. The van der Waals surface area contributed by atoms with E-state index in [1.165, 1.54) is 37.0 Å². The molecule has 0 aromatic rings. The summed E-state index contributed by atoms with van der Waals surface area (Å²) in [5.74, 6) is -1.67. The molecule has 0 saturated heterocycles. The smallest absolute Gasteiger partial charge is 0.407 e. The predicted octanol–water partition coefficient (Wildman–Crippen LogP) is 4.63. The van der Waals surface area contributed by atoms with E-state index in [4.69, 9.17) is 14.9 Å². The fourth-order valence-electron chi connectivity index (χ4n) is 11.6. The number of carbonyl (C=O) groups is 5. The van der Waals surface area contributed by atoms with Crippen LogP contribution in [-0.2, 0) is 23.9 Å². The molecule has 14 nitrogen and oxygen atoms in total. The second-order valence-electron chi connectivity index (χ2n) is 17.2. The number of hydrogen-bond donors (Lipinski definition) is 6. The van der Waals surface area contributed by atoms with Crippen molar-refractivity contribution in [3.05, 3.63) is 0 Å². The van der Waals surface area contributed by atoms with Gasteiger partial charge in [-0.3, -0.25) is 29.0 Å². The maximum atomic E-state index is 12.8. The third-order valence-electron chi connectivity index (χ3n) is 14.2. The largest absolute Gasteiger partial charge is 0.480 e. The van der Waals surface area contributed by atoms with Crippen LogP contribution in [0.2, 0.25) is 0 Å². The van der Waals surface area contributed by atoms with Crippen LogP contribution in [0.1, 0.15) is 111 Å². The normalized spacial score (nSPS) is 33.3. The first-order valence-electron chi connectivity index (χ1n) is 20.0. The average molecular weight is 752 g/mol. The van der Waals surface area contributed by atoms with Crippen LogP contribution < -0.4 is 5.32 Å². The van der Waals surface area contributed by atoms with E-state index in [1.807, 2.05) is 0 Å². The molecular formula is C39H65N3O11. The molecule has 1 amide bonds. The van der Waals surface area contributed by atoms with Gasteiger partial charge in [0.1, 0.15) is 12.1 Å². The molecule has 0 aromatic heterocycles. The average Bonchev–Trinajstić information content (AvgIpc) is 3.43. The third-order valence-corrected chi connectivity index (χ3v) is 14.2. The Morgan fingerprint density at radius 3 is 2.13 bits per heavy atom. The van der Waals surface area contributed by atoms with Gasteiger partial charge in [0.2, 0.25) is 0 Å². The Hall–Kier alpha value is -2.97. The summed E-state index contributed by atoms with van der Waals surface area (Å²) >= 11 is 0. The minimum absolute atomic E-state index is 0.00163. The minimum Gasteiger partial charge on any atom is -0.480 e. The monoisotopic (exact) mass is 751 g/mol. The summed E-state index contributed by atoms with van der Waals surface area (Å²) in [6.45, 7) is 7.63. The Bertz CT molecular complexity index is 1280. The van der Waals surface area contributed by atoms with Gasteiger partial charge in [0.25, 0.3) is 0 Å². The highest BCUT2D eigenvalue weighted by Gasteiger charge is 2.63. The summed E-state index contributed by atoms with van der Waals surface area (Å²) in [4.78, 5) is 61.0. The zero-order valence-electron chi connectivity index (χ0n) is 32.2. The van der Waals surface area contributed by atoms with E-state index in [9.17, 15) is 39.3 Å². The maximum absolute atomic E-state index is 12.8. The molecule has 0 aliphatic heterocycles. The van der Waals surface area contributed by atoms with Crippen LogP contribution in [0.25, 0.3) is 0 Å². The number of aliphatic hydroxyl groups excluding tert-OH is 1. The lowest BCUT2D eigenvalue weighted by Gasteiger charge is -2.62. The van der Waals surface area contributed by atoms with Gasteiger partial charge >= 0.3 is 30.0 Å². The van der Waals surface area contributed by atoms with Crippen molar-refractivity contribution in [1.29, 1.82) is 0 Å². The number of carbonyl (C=O) groups excluding carboxylic acids is 1. The zero-order chi connectivity index (χ0) is 39.1. The second-order valence-corrected chi connectivity index (χ2v) is 17.2. The fourth-order valence-corrected chi connectivity index (χ4v) is 11.6. The number of amides is 1. The lowest BCUT2D eigenvalue weighted by atomic mass is 9.43. The first-order chi connectivity index (χ1) is 25.0. The van der Waals surface area contributed by atoms with Gasteiger partial charge in [0.15, 0.2) is 0 Å². The molecule has 302 valence electrons. The van der Waals surface area contributed by atoms with Crippen molar-refractivity contribution >= 4 is 30.0 Å². The van der Waals surface area contributed by atoms with Gasteiger partial charge in [-0.2, -0.15) is 0 Å². The third kappa shape index (κ3) is 10.2. The molecule has 4 saturated carbocycles. The minimum atomic E-state index is -1.27. The van der Waals surface area contributed by atoms with E-state index in [1.54, 1.807) is 0 Å². The lowest BCUT2D eigenvalue weighted by molar-refractivity contribution is -0.174. The number of aliphatic carboxylic acids is 4. The first-order valence-corrected chi connectivity index (χ1v) is 20.0. The summed E-state index contributed by atoms with van der Waals surface area (Å²) in [5.41, 5.74) is 0.118. The number of aliphatic hydroxyl groups is 1. The SMILES string of the molecule is CCC[C@@H](C)[C@H]1CC[C@H]2[C@@H]3CC[C@@H]4C[C@H](OC(=O)NCCCCC(C(=O)O)N(CCN(CC(=O)O)CC(=O)O)CC(=O)O)CC[C@]4(C)[C@H]3C[C@H](O)[C@]12C. The summed E-state index contributed by atoms with van der Waals surface area (Å²) in [5, 5.41) is 52.0. The van der Waals surface area contributed by atoms with E-state index in [0.717, 1.165) is 37.0 Å². The van der Waals surface area contributed by atoms with Crippen LogP contribution in [0.5, 0.6) is 0 Å². The van der Waals surface area contributed by atoms with E-state index in [-0.39, 0.29) is 49.1 Å². The van der Waals surface area contributed by atoms with Gasteiger partial charge in [-0.15, -0.1) is 0 Å². The molecule has 4 aliphatic rings. The van der Waals surface area contributed by atoms with E-state index < -0.39 is 55.6 Å². The van der Waals surface area contributed by atoms with Crippen molar-refractivity contribution in [2.24, 2.45) is 46.3 Å². The number of alkyl carbamates (subject to hydrolysis) is 1. The van der Waals surface area contributed by atoms with Crippen LogP contribution in [-0.4, -0.2) is 123 Å². The number of nitrogens with one attached hydrogen (secondary N) is 1. The highest BCUT2D eigenvalue weighted by atomic mass is 16.6. The van der Waals surface area contributed by atoms with Crippen molar-refractivity contribution in [2.45, 2.75) is 129 Å². The number of ether oxygens (including phenoxy) is 1. The predicted molar refractivity (Wildman–Crippen MR) is 195 cm³/mol. The zero-order valence-corrected chi connectivity index (χ0v) is 32.2. The number of nitrogens with zero attached hydrogens (tertiary/aromatic N) is 2. The second kappa shape index (κ2) is 18.6. The van der Waals surface area contributed by atoms with Crippen LogP contribution in [0.3, 0.4) is 0 Å². The van der Waals surface area contributed by atoms with Gasteiger partial charge in [0, 0.05) is 19.6 Å². The molecule has 53 heavy (non-hydrogen) atoms. The summed E-state index contributed by atoms with van der Waals surface area (Å²) in [7, 11) is 0. The van der Waals surface area contributed by atoms with Gasteiger partial charge in [-0.05, 0) is 117 Å². The number of unbranched alkanes of at least 4 members (excludes halogenated alkanes) is 1. The molecule has 4 rings (SSSR count). The molecule has 11 atom stereocenters. The van der Waals surface area contributed by atoms with Gasteiger partial charge < -0.3 is 35.6 Å². The van der Waals surface area contributed by atoms with Crippen LogP contribution >= 0.6 is 0 Å². The highest BCUT2D eigenvalue weighted by Crippen LogP contribution is 2.68. The molecule has 1 unspecified atom stereocenters. The molecule has 0 aromatic carbocycles. The number of fused-ring (bicyclic) bond motifs is 5. The van der Waals surface area contributed by atoms with Gasteiger partial charge in [0.05, 0.1) is 25.7 Å².